The highest BCUT2D eigenvalue weighted by molar-refractivity contribution is 5.42. The molecule has 0 spiro atoms. The molecular formula is C18H23N3. The topological polar surface area (TPSA) is 50.9 Å². The van der Waals surface area contributed by atoms with Crippen LogP contribution in [0.2, 0.25) is 0 Å². The second kappa shape index (κ2) is 6.27. The van der Waals surface area contributed by atoms with Gasteiger partial charge in [0.1, 0.15) is 5.82 Å². The Hall–Kier alpha value is -1.87. The number of benzene rings is 1. The molecule has 0 bridgehead atoms. The summed E-state index contributed by atoms with van der Waals surface area (Å²) in [6.07, 6.45) is 5.14. The maximum atomic E-state index is 5.80. The number of hydrogen-bond donors (Lipinski definition) is 2. The molecule has 1 heterocycles. The Bertz CT molecular complexity index is 609. The molecule has 0 fully saturated rings. The van der Waals surface area contributed by atoms with Crippen LogP contribution in [0.5, 0.6) is 0 Å². The SMILES string of the molecule is CCCNC(Cc1ccnc(N)c1)C1Cc2ccccc21. The fraction of sp³-hybridized carbons (Fsp3) is 0.389. The van der Waals surface area contributed by atoms with Crippen molar-refractivity contribution in [1.29, 1.82) is 0 Å². The van der Waals surface area contributed by atoms with E-state index in [0.29, 0.717) is 17.8 Å². The molecule has 2 atom stereocenters. The van der Waals surface area contributed by atoms with Crippen LogP contribution in [0.1, 0.15) is 36.0 Å². The summed E-state index contributed by atoms with van der Waals surface area (Å²) in [5.74, 6) is 1.22. The average molecular weight is 281 g/mol. The quantitative estimate of drug-likeness (QED) is 0.856. The summed E-state index contributed by atoms with van der Waals surface area (Å²) in [7, 11) is 0. The molecule has 3 nitrogen and oxygen atoms in total. The molecule has 1 aliphatic rings. The van der Waals surface area contributed by atoms with E-state index in [2.05, 4.69) is 47.6 Å². The van der Waals surface area contributed by atoms with Crippen LogP contribution < -0.4 is 11.1 Å². The van der Waals surface area contributed by atoms with Gasteiger partial charge in [0.05, 0.1) is 0 Å². The van der Waals surface area contributed by atoms with Crippen LogP contribution in [0, 0.1) is 0 Å². The zero-order valence-electron chi connectivity index (χ0n) is 12.5. The lowest BCUT2D eigenvalue weighted by Crippen LogP contribution is -2.42. The molecular weight excluding hydrogens is 258 g/mol. The lowest BCUT2D eigenvalue weighted by Gasteiger charge is -2.37. The lowest BCUT2D eigenvalue weighted by atomic mass is 9.72. The van der Waals surface area contributed by atoms with Crippen molar-refractivity contribution in [1.82, 2.24) is 10.3 Å². The molecule has 0 saturated heterocycles. The molecule has 1 aromatic carbocycles. The maximum Gasteiger partial charge on any atom is 0.123 e. The van der Waals surface area contributed by atoms with Gasteiger partial charge in [-0.2, -0.15) is 0 Å². The van der Waals surface area contributed by atoms with E-state index < -0.39 is 0 Å². The predicted octanol–water partition coefficient (Wildman–Crippen LogP) is 2.91. The Kier molecular flexibility index (Phi) is 4.20. The van der Waals surface area contributed by atoms with E-state index in [1.165, 1.54) is 23.1 Å². The molecule has 0 aliphatic heterocycles. The van der Waals surface area contributed by atoms with Gasteiger partial charge in [0, 0.05) is 18.2 Å². The van der Waals surface area contributed by atoms with Crippen molar-refractivity contribution >= 4 is 5.82 Å². The van der Waals surface area contributed by atoms with Crippen LogP contribution >= 0.6 is 0 Å². The summed E-state index contributed by atoms with van der Waals surface area (Å²) in [6, 6.07) is 13.3. The maximum absolute atomic E-state index is 5.80. The zero-order chi connectivity index (χ0) is 14.7. The smallest absolute Gasteiger partial charge is 0.123 e. The van der Waals surface area contributed by atoms with Crippen LogP contribution in [0.25, 0.3) is 0 Å². The van der Waals surface area contributed by atoms with E-state index in [9.17, 15) is 0 Å². The first-order chi connectivity index (χ1) is 10.3. The van der Waals surface area contributed by atoms with E-state index in [1.807, 2.05) is 6.07 Å². The molecule has 3 rings (SSSR count). The number of nitrogens with two attached hydrogens (primary N) is 1. The van der Waals surface area contributed by atoms with Crippen molar-refractivity contribution in [2.45, 2.75) is 38.1 Å². The highest BCUT2D eigenvalue weighted by Gasteiger charge is 2.32. The Morgan fingerprint density at radius 1 is 1.33 bits per heavy atom. The van der Waals surface area contributed by atoms with Crippen LogP contribution in [-0.4, -0.2) is 17.6 Å². The minimum Gasteiger partial charge on any atom is -0.384 e. The molecule has 0 saturated carbocycles. The first-order valence-corrected chi connectivity index (χ1v) is 7.79. The van der Waals surface area contributed by atoms with Gasteiger partial charge >= 0.3 is 0 Å². The zero-order valence-corrected chi connectivity index (χ0v) is 12.5. The Morgan fingerprint density at radius 2 is 2.19 bits per heavy atom. The second-order valence-corrected chi connectivity index (χ2v) is 5.86. The molecule has 21 heavy (non-hydrogen) atoms. The number of rotatable bonds is 6. The number of nitrogens with zero attached hydrogens (tertiary/aromatic N) is 1. The van der Waals surface area contributed by atoms with Gasteiger partial charge in [0.15, 0.2) is 0 Å². The third kappa shape index (κ3) is 3.08. The molecule has 2 aromatic rings. The van der Waals surface area contributed by atoms with E-state index >= 15 is 0 Å². The first-order valence-electron chi connectivity index (χ1n) is 7.79. The third-order valence-electron chi connectivity index (χ3n) is 4.34. The first kappa shape index (κ1) is 14.1. The van der Waals surface area contributed by atoms with Gasteiger partial charge < -0.3 is 11.1 Å². The van der Waals surface area contributed by atoms with Crippen molar-refractivity contribution in [3.05, 3.63) is 59.3 Å². The number of hydrogen-bond acceptors (Lipinski definition) is 3. The number of nitrogens with one attached hydrogen (secondary N) is 1. The Morgan fingerprint density at radius 3 is 2.95 bits per heavy atom. The van der Waals surface area contributed by atoms with Gasteiger partial charge in [-0.1, -0.05) is 31.2 Å². The number of fused-ring (bicyclic) bond motifs is 1. The van der Waals surface area contributed by atoms with E-state index in [1.54, 1.807) is 6.20 Å². The van der Waals surface area contributed by atoms with Gasteiger partial charge in [-0.15, -0.1) is 0 Å². The molecule has 2 unspecified atom stereocenters. The van der Waals surface area contributed by atoms with Crippen molar-refractivity contribution in [2.24, 2.45) is 0 Å². The lowest BCUT2D eigenvalue weighted by molar-refractivity contribution is 0.397. The fourth-order valence-electron chi connectivity index (χ4n) is 3.22. The normalized spacial score (nSPS) is 17.9. The summed E-state index contributed by atoms with van der Waals surface area (Å²) in [6.45, 7) is 3.27. The molecule has 3 heteroatoms. The van der Waals surface area contributed by atoms with Crippen LogP contribution in [0.15, 0.2) is 42.6 Å². The van der Waals surface area contributed by atoms with Gasteiger partial charge in [-0.05, 0) is 54.6 Å². The number of nitrogen functional groups attached to an aromatic ring is 1. The largest absolute Gasteiger partial charge is 0.384 e. The average Bonchev–Trinajstić information content (AvgIpc) is 2.46. The Labute approximate surface area is 126 Å². The summed E-state index contributed by atoms with van der Waals surface area (Å²) in [5.41, 5.74) is 10.1. The summed E-state index contributed by atoms with van der Waals surface area (Å²) >= 11 is 0. The number of aromatic nitrogens is 1. The molecule has 0 radical (unpaired) electrons. The van der Waals surface area contributed by atoms with Gasteiger partial charge in [-0.3, -0.25) is 0 Å². The molecule has 0 amide bonds. The second-order valence-electron chi connectivity index (χ2n) is 5.86. The monoisotopic (exact) mass is 281 g/mol. The van der Waals surface area contributed by atoms with Crippen LogP contribution in [0.3, 0.4) is 0 Å². The number of anilines is 1. The Balaban J connectivity index is 1.76. The van der Waals surface area contributed by atoms with E-state index in [0.717, 1.165) is 19.4 Å². The summed E-state index contributed by atoms with van der Waals surface area (Å²) < 4.78 is 0. The molecule has 1 aromatic heterocycles. The molecule has 1 aliphatic carbocycles. The van der Waals surface area contributed by atoms with Gasteiger partial charge in [0.25, 0.3) is 0 Å². The third-order valence-corrected chi connectivity index (χ3v) is 4.34. The standard InChI is InChI=1S/C18H23N3/c1-2-8-20-17(10-13-7-9-21-18(19)11-13)16-12-14-5-3-4-6-15(14)16/h3-7,9,11,16-17,20H,2,8,10,12H2,1H3,(H2,19,21). The molecule has 3 N–H and O–H groups in total. The van der Waals surface area contributed by atoms with Gasteiger partial charge in [-0.25, -0.2) is 4.98 Å². The fourth-order valence-corrected chi connectivity index (χ4v) is 3.22. The number of pyridine rings is 1. The molecule has 110 valence electrons. The minimum atomic E-state index is 0.474. The van der Waals surface area contributed by atoms with Crippen LogP contribution in [0.4, 0.5) is 5.82 Å². The van der Waals surface area contributed by atoms with Crippen molar-refractivity contribution < 1.29 is 0 Å². The highest BCUT2D eigenvalue weighted by Crippen LogP contribution is 2.38. The van der Waals surface area contributed by atoms with E-state index in [4.69, 9.17) is 5.73 Å². The summed E-state index contributed by atoms with van der Waals surface area (Å²) in [4.78, 5) is 4.08. The van der Waals surface area contributed by atoms with Crippen molar-refractivity contribution in [3.63, 3.8) is 0 Å². The van der Waals surface area contributed by atoms with E-state index in [-0.39, 0.29) is 0 Å². The van der Waals surface area contributed by atoms with Crippen molar-refractivity contribution in [2.75, 3.05) is 12.3 Å². The summed E-state index contributed by atoms with van der Waals surface area (Å²) in [5, 5.41) is 3.72. The highest BCUT2D eigenvalue weighted by atomic mass is 14.9. The minimum absolute atomic E-state index is 0.474. The van der Waals surface area contributed by atoms with Crippen molar-refractivity contribution in [3.8, 4) is 0 Å². The predicted molar refractivity (Wildman–Crippen MR) is 87.3 cm³/mol. The van der Waals surface area contributed by atoms with Gasteiger partial charge in [0.2, 0.25) is 0 Å². The van der Waals surface area contributed by atoms with Crippen LogP contribution in [-0.2, 0) is 12.8 Å².